The average Bonchev–Trinajstić information content (AvgIpc) is 3.06. The van der Waals surface area contributed by atoms with Crippen LogP contribution in [0.3, 0.4) is 0 Å². The van der Waals surface area contributed by atoms with Crippen LogP contribution in [0.2, 0.25) is 0 Å². The fraction of sp³-hybridized carbons (Fsp3) is 0.353. The minimum Gasteiger partial charge on any atom is -0.355 e. The Morgan fingerprint density at radius 1 is 1.32 bits per heavy atom. The largest absolute Gasteiger partial charge is 0.355 e. The highest BCUT2D eigenvalue weighted by atomic mass is 35.5. The summed E-state index contributed by atoms with van der Waals surface area (Å²) in [5.41, 5.74) is 0.990. The van der Waals surface area contributed by atoms with Crippen LogP contribution in [0.15, 0.2) is 36.7 Å². The number of nitrogens with zero attached hydrogens (tertiary/aromatic N) is 3. The summed E-state index contributed by atoms with van der Waals surface area (Å²) in [5, 5.41) is 5.89. The number of amides is 2. The van der Waals surface area contributed by atoms with Gasteiger partial charge in [-0.25, -0.2) is 4.98 Å². The van der Waals surface area contributed by atoms with Crippen molar-refractivity contribution in [2.45, 2.75) is 6.04 Å². The molecule has 134 valence electrons. The molecule has 0 saturated carbocycles. The van der Waals surface area contributed by atoms with Crippen LogP contribution in [-0.2, 0) is 7.05 Å². The number of halogens is 1. The second kappa shape index (κ2) is 8.13. The zero-order valence-corrected chi connectivity index (χ0v) is 15.0. The van der Waals surface area contributed by atoms with Gasteiger partial charge in [-0.3, -0.25) is 9.59 Å². The molecule has 1 aromatic carbocycles. The smallest absolute Gasteiger partial charge is 0.254 e. The average molecular weight is 364 g/mol. The molecule has 0 bridgehead atoms. The number of rotatable bonds is 3. The quantitative estimate of drug-likeness (QED) is 0.852. The standard InChI is InChI=1S/C17H21N5O2.ClH/c1-18-16(23)12-4-3-5-13(10-12)17(24)22-9-6-19-11-14(22)15-20-7-8-21(15)2;/h3-5,7-8,10,14,19H,6,9,11H2,1-2H3,(H,18,23);1H. The lowest BCUT2D eigenvalue weighted by molar-refractivity contribution is 0.0621. The van der Waals surface area contributed by atoms with Crippen molar-refractivity contribution < 1.29 is 9.59 Å². The molecule has 0 spiro atoms. The Labute approximate surface area is 152 Å². The molecule has 1 aliphatic heterocycles. The molecule has 2 amide bonds. The molecule has 7 nitrogen and oxygen atoms in total. The van der Waals surface area contributed by atoms with Gasteiger partial charge >= 0.3 is 0 Å². The highest BCUT2D eigenvalue weighted by Crippen LogP contribution is 2.23. The maximum absolute atomic E-state index is 13.0. The normalized spacial score (nSPS) is 16.9. The summed E-state index contributed by atoms with van der Waals surface area (Å²) in [7, 11) is 3.50. The van der Waals surface area contributed by atoms with Crippen molar-refractivity contribution >= 4 is 24.2 Å². The van der Waals surface area contributed by atoms with E-state index in [0.29, 0.717) is 24.2 Å². The predicted octanol–water partition coefficient (Wildman–Crippen LogP) is 0.988. The van der Waals surface area contributed by atoms with E-state index in [1.165, 1.54) is 0 Å². The lowest BCUT2D eigenvalue weighted by Crippen LogP contribution is -2.49. The molecule has 3 rings (SSSR count). The Balaban J connectivity index is 0.00000225. The maximum atomic E-state index is 13.0. The number of nitrogens with one attached hydrogen (secondary N) is 2. The molecule has 0 radical (unpaired) electrons. The van der Waals surface area contributed by atoms with Crippen LogP contribution >= 0.6 is 12.4 Å². The monoisotopic (exact) mass is 363 g/mol. The first-order valence-corrected chi connectivity index (χ1v) is 7.93. The molecule has 0 aliphatic carbocycles. The van der Waals surface area contributed by atoms with Crippen molar-refractivity contribution in [2.75, 3.05) is 26.7 Å². The van der Waals surface area contributed by atoms with Crippen LogP contribution in [0.25, 0.3) is 0 Å². The first-order chi connectivity index (χ1) is 11.6. The summed E-state index contributed by atoms with van der Waals surface area (Å²) >= 11 is 0. The Hall–Kier alpha value is -2.38. The highest BCUT2D eigenvalue weighted by molar-refractivity contribution is 5.99. The van der Waals surface area contributed by atoms with Gasteiger partial charge in [0.05, 0.1) is 0 Å². The molecule has 1 fully saturated rings. The molecule has 8 heteroatoms. The van der Waals surface area contributed by atoms with Gasteiger partial charge in [0.2, 0.25) is 0 Å². The number of imidazole rings is 1. The molecule has 1 atom stereocenters. The molecule has 1 unspecified atom stereocenters. The van der Waals surface area contributed by atoms with Crippen molar-refractivity contribution in [1.29, 1.82) is 0 Å². The van der Waals surface area contributed by atoms with Gasteiger partial charge in [0.25, 0.3) is 11.8 Å². The number of carbonyl (C=O) groups excluding carboxylic acids is 2. The Morgan fingerprint density at radius 3 is 2.76 bits per heavy atom. The Bertz CT molecular complexity index is 761. The van der Waals surface area contributed by atoms with Gasteiger partial charge < -0.3 is 20.1 Å². The van der Waals surface area contributed by atoms with Gasteiger partial charge in [0.1, 0.15) is 11.9 Å². The van der Waals surface area contributed by atoms with Gasteiger partial charge in [0, 0.05) is 57.3 Å². The number of benzene rings is 1. The fourth-order valence-corrected chi connectivity index (χ4v) is 2.98. The van der Waals surface area contributed by atoms with Crippen LogP contribution in [0.4, 0.5) is 0 Å². The van der Waals surface area contributed by atoms with E-state index in [2.05, 4.69) is 15.6 Å². The molecule has 2 N–H and O–H groups in total. The van der Waals surface area contributed by atoms with Crippen molar-refractivity contribution in [3.8, 4) is 0 Å². The van der Waals surface area contributed by atoms with Gasteiger partial charge in [-0.15, -0.1) is 12.4 Å². The van der Waals surface area contributed by atoms with E-state index in [1.54, 1.807) is 37.5 Å². The van der Waals surface area contributed by atoms with Crippen LogP contribution in [0.1, 0.15) is 32.6 Å². The van der Waals surface area contributed by atoms with E-state index >= 15 is 0 Å². The summed E-state index contributed by atoms with van der Waals surface area (Å²) in [6.45, 7) is 1.99. The van der Waals surface area contributed by atoms with Crippen LogP contribution in [0.5, 0.6) is 0 Å². The summed E-state index contributed by atoms with van der Waals surface area (Å²) in [4.78, 5) is 31.0. The first-order valence-electron chi connectivity index (χ1n) is 7.93. The maximum Gasteiger partial charge on any atom is 0.254 e. The molecule has 1 aromatic heterocycles. The summed E-state index contributed by atoms with van der Waals surface area (Å²) in [6, 6.07) is 6.68. The molecule has 1 saturated heterocycles. The van der Waals surface area contributed by atoms with E-state index in [-0.39, 0.29) is 30.3 Å². The summed E-state index contributed by atoms with van der Waals surface area (Å²) < 4.78 is 1.93. The van der Waals surface area contributed by atoms with Crippen molar-refractivity contribution in [2.24, 2.45) is 7.05 Å². The van der Waals surface area contributed by atoms with E-state index < -0.39 is 0 Å². The minimum absolute atomic E-state index is 0. The molecular weight excluding hydrogens is 342 g/mol. The van der Waals surface area contributed by atoms with Crippen LogP contribution < -0.4 is 10.6 Å². The van der Waals surface area contributed by atoms with Crippen LogP contribution in [-0.4, -0.2) is 52.9 Å². The van der Waals surface area contributed by atoms with E-state index in [4.69, 9.17) is 0 Å². The van der Waals surface area contributed by atoms with E-state index in [1.807, 2.05) is 22.7 Å². The third-order valence-corrected chi connectivity index (χ3v) is 4.26. The van der Waals surface area contributed by atoms with Crippen LogP contribution in [0, 0.1) is 0 Å². The number of hydrogen-bond donors (Lipinski definition) is 2. The van der Waals surface area contributed by atoms with Crippen molar-refractivity contribution in [3.63, 3.8) is 0 Å². The summed E-state index contributed by atoms with van der Waals surface area (Å²) in [6.07, 6.45) is 3.61. The van der Waals surface area contributed by atoms with Gasteiger partial charge in [-0.1, -0.05) is 6.07 Å². The Kier molecular flexibility index (Phi) is 6.17. The first kappa shape index (κ1) is 19.0. The lowest BCUT2D eigenvalue weighted by Gasteiger charge is -2.35. The number of piperazine rings is 1. The van der Waals surface area contributed by atoms with Gasteiger partial charge in [-0.2, -0.15) is 0 Å². The molecular formula is C17H22ClN5O2. The molecule has 25 heavy (non-hydrogen) atoms. The van der Waals surface area contributed by atoms with Crippen molar-refractivity contribution in [1.82, 2.24) is 25.1 Å². The topological polar surface area (TPSA) is 79.3 Å². The molecule has 2 aromatic rings. The highest BCUT2D eigenvalue weighted by Gasteiger charge is 2.31. The third kappa shape index (κ3) is 3.83. The van der Waals surface area contributed by atoms with Gasteiger partial charge in [0.15, 0.2) is 0 Å². The second-order valence-electron chi connectivity index (χ2n) is 5.77. The SMILES string of the molecule is CNC(=O)c1cccc(C(=O)N2CCNCC2c2nccn2C)c1.Cl. The molecule has 2 heterocycles. The summed E-state index contributed by atoms with van der Waals surface area (Å²) in [5.74, 6) is 0.555. The predicted molar refractivity (Wildman–Crippen MR) is 96.9 cm³/mol. The second-order valence-corrected chi connectivity index (χ2v) is 5.77. The Morgan fingerprint density at radius 2 is 2.08 bits per heavy atom. The number of aromatic nitrogens is 2. The third-order valence-electron chi connectivity index (χ3n) is 4.26. The minimum atomic E-state index is -0.203. The fourth-order valence-electron chi connectivity index (χ4n) is 2.98. The lowest BCUT2D eigenvalue weighted by atomic mass is 10.1. The number of carbonyl (C=O) groups is 2. The number of aryl methyl sites for hydroxylation is 1. The van der Waals surface area contributed by atoms with Crippen molar-refractivity contribution in [3.05, 3.63) is 53.6 Å². The van der Waals surface area contributed by atoms with E-state index in [0.717, 1.165) is 12.4 Å². The van der Waals surface area contributed by atoms with E-state index in [9.17, 15) is 9.59 Å². The zero-order valence-electron chi connectivity index (χ0n) is 14.2. The van der Waals surface area contributed by atoms with Gasteiger partial charge in [-0.05, 0) is 18.2 Å². The number of hydrogen-bond acceptors (Lipinski definition) is 4. The zero-order chi connectivity index (χ0) is 17.1. The molecule has 1 aliphatic rings.